The minimum absolute atomic E-state index is 0.00938. The molecule has 3 aromatic carbocycles. The van der Waals surface area contributed by atoms with E-state index in [2.05, 4.69) is 14.9 Å². The molecule has 0 saturated carbocycles. The van der Waals surface area contributed by atoms with Crippen LogP contribution in [0.2, 0.25) is 0 Å². The molecule has 3 aromatic rings. The quantitative estimate of drug-likeness (QED) is 0.374. The second-order valence-corrected chi connectivity index (χ2v) is 13.4. The first-order chi connectivity index (χ1) is 19.0. The van der Waals surface area contributed by atoms with Crippen molar-refractivity contribution in [1.29, 1.82) is 0 Å². The summed E-state index contributed by atoms with van der Waals surface area (Å²) in [6.07, 6.45) is 0.108. The standard InChI is InChI=1S/C28H34N4O6S2/c1-21-19-25(13-14-27(21)38-3)39(34,35)30-26(20-22-7-5-4-6-8-22)28(33)29-23-9-11-24(12-10-23)40(36,37)32-17-15-31(2)16-18-32/h4-14,19,26,30H,15-18,20H2,1-3H3,(H,29,33)/t26-/m1/s1. The summed E-state index contributed by atoms with van der Waals surface area (Å²) in [5.41, 5.74) is 1.76. The Bertz CT molecular complexity index is 1540. The summed E-state index contributed by atoms with van der Waals surface area (Å²) in [5.74, 6) is -0.0250. The van der Waals surface area contributed by atoms with Gasteiger partial charge in [-0.05, 0) is 74.0 Å². The van der Waals surface area contributed by atoms with Crippen molar-refractivity contribution in [2.75, 3.05) is 45.7 Å². The average molecular weight is 587 g/mol. The number of hydrogen-bond donors (Lipinski definition) is 2. The van der Waals surface area contributed by atoms with Gasteiger partial charge in [0.1, 0.15) is 11.8 Å². The smallest absolute Gasteiger partial charge is 0.243 e. The number of carbonyl (C=O) groups excluding carboxylic acids is 1. The van der Waals surface area contributed by atoms with Crippen LogP contribution in [0.25, 0.3) is 0 Å². The molecule has 1 fully saturated rings. The number of benzene rings is 3. The summed E-state index contributed by atoms with van der Waals surface area (Å²) < 4.78 is 61.8. The normalized spacial score (nSPS) is 15.9. The van der Waals surface area contributed by atoms with Crippen LogP contribution in [0.3, 0.4) is 0 Å². The number of hydrogen-bond acceptors (Lipinski definition) is 7. The highest BCUT2D eigenvalue weighted by atomic mass is 32.2. The van der Waals surface area contributed by atoms with Crippen molar-refractivity contribution in [2.45, 2.75) is 29.2 Å². The van der Waals surface area contributed by atoms with Gasteiger partial charge < -0.3 is 15.0 Å². The van der Waals surface area contributed by atoms with Gasteiger partial charge in [0.25, 0.3) is 0 Å². The number of rotatable bonds is 10. The third kappa shape index (κ3) is 7.07. The minimum atomic E-state index is -4.06. The van der Waals surface area contributed by atoms with Gasteiger partial charge in [0.15, 0.2) is 0 Å². The number of anilines is 1. The van der Waals surface area contributed by atoms with Crippen LogP contribution in [-0.4, -0.2) is 78.3 Å². The van der Waals surface area contributed by atoms with Crippen molar-refractivity contribution in [3.63, 3.8) is 0 Å². The maximum atomic E-state index is 13.4. The molecular weight excluding hydrogens is 552 g/mol. The molecule has 1 amide bonds. The monoisotopic (exact) mass is 586 g/mol. The summed E-state index contributed by atoms with van der Waals surface area (Å²) in [7, 11) is -4.27. The molecule has 2 N–H and O–H groups in total. The molecule has 0 unspecified atom stereocenters. The topological polar surface area (TPSA) is 125 Å². The van der Waals surface area contributed by atoms with Gasteiger partial charge in [-0.15, -0.1) is 0 Å². The van der Waals surface area contributed by atoms with Crippen LogP contribution in [0, 0.1) is 6.92 Å². The molecule has 0 radical (unpaired) electrons. The number of methoxy groups -OCH3 is 1. The fraction of sp³-hybridized carbons (Fsp3) is 0.321. The Kier molecular flexibility index (Phi) is 9.26. The third-order valence-corrected chi connectivity index (χ3v) is 10.2. The summed E-state index contributed by atoms with van der Waals surface area (Å²) in [5, 5.41) is 2.73. The molecule has 0 spiro atoms. The maximum Gasteiger partial charge on any atom is 0.243 e. The highest BCUT2D eigenvalue weighted by Gasteiger charge is 2.29. The van der Waals surface area contributed by atoms with Gasteiger partial charge in [0.05, 0.1) is 16.9 Å². The van der Waals surface area contributed by atoms with E-state index < -0.39 is 32.0 Å². The lowest BCUT2D eigenvalue weighted by Crippen LogP contribution is -2.47. The second kappa shape index (κ2) is 12.5. The number of nitrogens with one attached hydrogen (secondary N) is 2. The van der Waals surface area contributed by atoms with Gasteiger partial charge in [-0.25, -0.2) is 16.8 Å². The fourth-order valence-electron chi connectivity index (χ4n) is 4.43. The van der Waals surface area contributed by atoms with E-state index in [-0.39, 0.29) is 16.2 Å². The van der Waals surface area contributed by atoms with Gasteiger partial charge in [-0.3, -0.25) is 4.79 Å². The van der Waals surface area contributed by atoms with Gasteiger partial charge >= 0.3 is 0 Å². The van der Waals surface area contributed by atoms with Crippen molar-refractivity contribution in [3.05, 3.63) is 83.9 Å². The number of sulfonamides is 2. The second-order valence-electron chi connectivity index (χ2n) is 9.72. The van der Waals surface area contributed by atoms with E-state index in [1.54, 1.807) is 13.0 Å². The Balaban J connectivity index is 1.53. The highest BCUT2D eigenvalue weighted by Crippen LogP contribution is 2.23. The van der Waals surface area contributed by atoms with E-state index in [9.17, 15) is 21.6 Å². The van der Waals surface area contributed by atoms with Crippen LogP contribution >= 0.6 is 0 Å². The molecule has 1 aliphatic rings. The molecule has 1 atom stereocenters. The Hall–Kier alpha value is -3.29. The molecule has 214 valence electrons. The van der Waals surface area contributed by atoms with Crippen LogP contribution in [-0.2, 0) is 31.3 Å². The van der Waals surface area contributed by atoms with Gasteiger partial charge in [0, 0.05) is 31.9 Å². The van der Waals surface area contributed by atoms with Gasteiger partial charge in [-0.1, -0.05) is 30.3 Å². The highest BCUT2D eigenvalue weighted by molar-refractivity contribution is 7.89. The zero-order chi connectivity index (χ0) is 28.9. The predicted molar refractivity (Wildman–Crippen MR) is 153 cm³/mol. The molecule has 0 aromatic heterocycles. The number of carbonyl (C=O) groups is 1. The van der Waals surface area contributed by atoms with Crippen LogP contribution in [0.1, 0.15) is 11.1 Å². The van der Waals surface area contributed by atoms with Gasteiger partial charge in [0.2, 0.25) is 26.0 Å². The Morgan fingerprint density at radius 1 is 0.900 bits per heavy atom. The summed E-state index contributed by atoms with van der Waals surface area (Å²) in [6.45, 7) is 3.86. The summed E-state index contributed by atoms with van der Waals surface area (Å²) in [6, 6.07) is 18.3. The minimum Gasteiger partial charge on any atom is -0.496 e. The predicted octanol–water partition coefficient (Wildman–Crippen LogP) is 2.47. The number of aryl methyl sites for hydroxylation is 1. The Morgan fingerprint density at radius 2 is 1.52 bits per heavy atom. The SMILES string of the molecule is COc1ccc(S(=O)(=O)N[C@H](Cc2ccccc2)C(=O)Nc2ccc(S(=O)(=O)N3CCN(C)CC3)cc2)cc1C. The summed E-state index contributed by atoms with van der Waals surface area (Å²) in [4.78, 5) is 15.6. The first kappa shape index (κ1) is 29.7. The Labute approximate surface area is 236 Å². The van der Waals surface area contributed by atoms with Crippen molar-refractivity contribution in [2.24, 2.45) is 0 Å². The van der Waals surface area contributed by atoms with E-state index in [0.717, 1.165) is 5.56 Å². The molecule has 1 saturated heterocycles. The lowest BCUT2D eigenvalue weighted by Gasteiger charge is -2.31. The van der Waals surface area contributed by atoms with Crippen molar-refractivity contribution in [1.82, 2.24) is 13.9 Å². The molecule has 1 aliphatic heterocycles. The first-order valence-corrected chi connectivity index (χ1v) is 15.7. The zero-order valence-electron chi connectivity index (χ0n) is 22.7. The molecule has 40 heavy (non-hydrogen) atoms. The lowest BCUT2D eigenvalue weighted by atomic mass is 10.1. The lowest BCUT2D eigenvalue weighted by molar-refractivity contribution is -0.117. The molecule has 0 bridgehead atoms. The van der Waals surface area contributed by atoms with Gasteiger partial charge in [-0.2, -0.15) is 9.03 Å². The fourth-order valence-corrected chi connectivity index (χ4v) is 7.13. The van der Waals surface area contributed by atoms with Crippen LogP contribution in [0.5, 0.6) is 5.75 Å². The maximum absolute atomic E-state index is 13.4. The van der Waals surface area contributed by atoms with Crippen molar-refractivity contribution < 1.29 is 26.4 Å². The Morgan fingerprint density at radius 3 is 2.12 bits per heavy atom. The van der Waals surface area contributed by atoms with E-state index in [4.69, 9.17) is 4.74 Å². The van der Waals surface area contributed by atoms with Crippen LogP contribution in [0.4, 0.5) is 5.69 Å². The largest absolute Gasteiger partial charge is 0.496 e. The van der Waals surface area contributed by atoms with Crippen LogP contribution < -0.4 is 14.8 Å². The number of likely N-dealkylation sites (N-methyl/N-ethyl adjacent to an activating group) is 1. The number of piperazine rings is 1. The third-order valence-electron chi connectivity index (χ3n) is 6.80. The van der Waals surface area contributed by atoms with E-state index in [1.165, 1.54) is 47.8 Å². The number of amides is 1. The van der Waals surface area contributed by atoms with E-state index in [1.807, 2.05) is 37.4 Å². The molecule has 1 heterocycles. The van der Waals surface area contributed by atoms with E-state index in [0.29, 0.717) is 43.2 Å². The average Bonchev–Trinajstić information content (AvgIpc) is 2.93. The molecule has 10 nitrogen and oxygen atoms in total. The van der Waals surface area contributed by atoms with Crippen molar-refractivity contribution in [3.8, 4) is 5.75 Å². The van der Waals surface area contributed by atoms with E-state index >= 15 is 0 Å². The summed E-state index contributed by atoms with van der Waals surface area (Å²) >= 11 is 0. The molecule has 4 rings (SSSR count). The molecular formula is C28H34N4O6S2. The first-order valence-electron chi connectivity index (χ1n) is 12.8. The van der Waals surface area contributed by atoms with Crippen molar-refractivity contribution >= 4 is 31.6 Å². The zero-order valence-corrected chi connectivity index (χ0v) is 24.3. The molecule has 12 heteroatoms. The number of ether oxygens (including phenoxy) is 1. The number of nitrogens with zero attached hydrogens (tertiary/aromatic N) is 2. The van der Waals surface area contributed by atoms with Crippen LogP contribution in [0.15, 0.2) is 82.6 Å². The molecule has 0 aliphatic carbocycles.